The molecule has 0 radical (unpaired) electrons. The second-order valence-electron chi connectivity index (χ2n) is 8.71. The Kier molecular flexibility index (Phi) is 7.08. The largest absolute Gasteiger partial charge is 0.478 e. The molecular weight excluding hydrogens is 464 g/mol. The molecule has 2 fully saturated rings. The molecule has 0 saturated carbocycles. The van der Waals surface area contributed by atoms with Crippen LogP contribution in [0.3, 0.4) is 0 Å². The smallest absolute Gasteiger partial charge is 0.335 e. The summed E-state index contributed by atoms with van der Waals surface area (Å²) in [6.45, 7) is 5.28. The number of aromatic nitrogens is 1. The minimum Gasteiger partial charge on any atom is -0.478 e. The van der Waals surface area contributed by atoms with E-state index in [2.05, 4.69) is 20.1 Å². The first kappa shape index (κ1) is 23.5. The van der Waals surface area contributed by atoms with E-state index in [0.717, 1.165) is 62.8 Å². The third-order valence-corrected chi connectivity index (χ3v) is 6.86. The van der Waals surface area contributed by atoms with Gasteiger partial charge in [-0.2, -0.15) is 0 Å². The molecule has 182 valence electrons. The first-order chi connectivity index (χ1) is 17.1. The van der Waals surface area contributed by atoms with Gasteiger partial charge >= 0.3 is 5.97 Å². The van der Waals surface area contributed by atoms with Crippen molar-refractivity contribution in [2.24, 2.45) is 0 Å². The van der Waals surface area contributed by atoms with Crippen LogP contribution in [0.5, 0.6) is 0 Å². The van der Waals surface area contributed by atoms with Gasteiger partial charge < -0.3 is 24.5 Å². The lowest BCUT2D eigenvalue weighted by atomic mass is 10.0. The van der Waals surface area contributed by atoms with Crippen LogP contribution in [0.1, 0.15) is 40.3 Å². The van der Waals surface area contributed by atoms with Gasteiger partial charge in [-0.3, -0.25) is 9.88 Å². The fraction of sp³-hybridized carbons (Fsp3) is 0.346. The molecule has 8 nitrogen and oxygen atoms in total. The van der Waals surface area contributed by atoms with Gasteiger partial charge in [0.15, 0.2) is 5.11 Å². The van der Waals surface area contributed by atoms with Gasteiger partial charge in [-0.1, -0.05) is 18.2 Å². The summed E-state index contributed by atoms with van der Waals surface area (Å²) in [5, 5.41) is 13.3. The number of carboxylic acid groups (broad SMARTS) is 1. The SMILES string of the molecule is O=C(O)c1ccc(-c2ccc([C@H]3[C@H](c4ccccn4)NC(=S)N3CCCN3CCOCC3)o2)cc1. The molecule has 9 heteroatoms. The average Bonchev–Trinajstić information content (AvgIpc) is 3.50. The molecule has 0 spiro atoms. The summed E-state index contributed by atoms with van der Waals surface area (Å²) in [7, 11) is 0. The number of nitrogens with one attached hydrogen (secondary N) is 1. The Morgan fingerprint density at radius 2 is 1.89 bits per heavy atom. The Bertz CT molecular complexity index is 1160. The molecule has 0 unspecified atom stereocenters. The molecule has 3 aromatic rings. The number of aromatic carboxylic acids is 1. The van der Waals surface area contributed by atoms with Crippen molar-refractivity contribution in [3.05, 3.63) is 77.8 Å². The standard InChI is InChI=1S/C26H28N4O4S/c31-25(32)19-7-5-18(6-8-19)21-9-10-22(34-21)24-23(20-4-1-2-11-27-20)28-26(35)30(24)13-3-12-29-14-16-33-17-15-29/h1-2,4-11,23-24H,3,12-17H2,(H,28,35)(H,31,32)/t23-,24-/m0/s1. The molecule has 4 heterocycles. The van der Waals surface area contributed by atoms with E-state index in [9.17, 15) is 9.90 Å². The molecular formula is C26H28N4O4S. The molecule has 0 aliphatic carbocycles. The monoisotopic (exact) mass is 492 g/mol. The van der Waals surface area contributed by atoms with Crippen molar-refractivity contribution in [1.82, 2.24) is 20.1 Å². The minimum absolute atomic E-state index is 0.138. The highest BCUT2D eigenvalue weighted by molar-refractivity contribution is 7.80. The maximum absolute atomic E-state index is 11.2. The third-order valence-electron chi connectivity index (χ3n) is 6.51. The highest BCUT2D eigenvalue weighted by atomic mass is 32.1. The van der Waals surface area contributed by atoms with Gasteiger partial charge in [-0.15, -0.1) is 0 Å². The van der Waals surface area contributed by atoms with Crippen LogP contribution in [0.25, 0.3) is 11.3 Å². The number of rotatable bonds is 8. The van der Waals surface area contributed by atoms with Gasteiger partial charge in [0.1, 0.15) is 17.6 Å². The van der Waals surface area contributed by atoms with Crippen LogP contribution in [-0.2, 0) is 4.74 Å². The van der Waals surface area contributed by atoms with Crippen LogP contribution >= 0.6 is 12.2 Å². The van der Waals surface area contributed by atoms with Crippen molar-refractivity contribution in [3.8, 4) is 11.3 Å². The summed E-state index contributed by atoms with van der Waals surface area (Å²) in [4.78, 5) is 20.4. The molecule has 2 N–H and O–H groups in total. The number of hydrogen-bond donors (Lipinski definition) is 2. The second kappa shape index (κ2) is 10.6. The Hall–Kier alpha value is -3.27. The van der Waals surface area contributed by atoms with E-state index in [0.29, 0.717) is 10.9 Å². The highest BCUT2D eigenvalue weighted by Crippen LogP contribution is 2.40. The van der Waals surface area contributed by atoms with Gasteiger partial charge in [0.05, 0.1) is 30.5 Å². The number of thiocarbonyl (C=S) groups is 1. The van der Waals surface area contributed by atoms with Crippen LogP contribution < -0.4 is 5.32 Å². The Labute approximate surface area is 209 Å². The number of ether oxygens (including phenoxy) is 1. The van der Waals surface area contributed by atoms with Crippen LogP contribution in [0.2, 0.25) is 0 Å². The number of benzene rings is 1. The summed E-state index contributed by atoms with van der Waals surface area (Å²) < 4.78 is 11.8. The number of furan rings is 1. The fourth-order valence-electron chi connectivity index (χ4n) is 4.69. The molecule has 0 bridgehead atoms. The maximum atomic E-state index is 11.2. The minimum atomic E-state index is -0.951. The molecule has 2 saturated heterocycles. The molecule has 1 aromatic carbocycles. The van der Waals surface area contributed by atoms with Crippen molar-refractivity contribution in [3.63, 3.8) is 0 Å². The molecule has 2 aromatic heterocycles. The third kappa shape index (κ3) is 5.22. The Balaban J connectivity index is 1.38. The second-order valence-corrected chi connectivity index (χ2v) is 9.10. The van der Waals surface area contributed by atoms with Gasteiger partial charge in [-0.05, 0) is 55.0 Å². The lowest BCUT2D eigenvalue weighted by Gasteiger charge is -2.29. The Morgan fingerprint density at radius 3 is 2.60 bits per heavy atom. The first-order valence-corrected chi connectivity index (χ1v) is 12.2. The van der Waals surface area contributed by atoms with E-state index < -0.39 is 5.97 Å². The highest BCUT2D eigenvalue weighted by Gasteiger charge is 2.41. The predicted molar refractivity (Wildman–Crippen MR) is 135 cm³/mol. The van der Waals surface area contributed by atoms with Gasteiger partial charge in [0, 0.05) is 37.9 Å². The quantitative estimate of drug-likeness (QED) is 0.456. The van der Waals surface area contributed by atoms with Gasteiger partial charge in [0.2, 0.25) is 0 Å². The topological polar surface area (TPSA) is 91.1 Å². The zero-order chi connectivity index (χ0) is 24.2. The number of nitrogens with zero attached hydrogens (tertiary/aromatic N) is 3. The summed E-state index contributed by atoms with van der Waals surface area (Å²) in [6.07, 6.45) is 2.76. The maximum Gasteiger partial charge on any atom is 0.335 e. The zero-order valence-corrected chi connectivity index (χ0v) is 20.1. The normalized spacial score (nSPS) is 20.7. The van der Waals surface area contributed by atoms with Crippen molar-refractivity contribution in [2.45, 2.75) is 18.5 Å². The lowest BCUT2D eigenvalue weighted by molar-refractivity contribution is 0.0365. The Morgan fingerprint density at radius 1 is 1.09 bits per heavy atom. The van der Waals surface area contributed by atoms with E-state index in [1.165, 1.54) is 0 Å². The van der Waals surface area contributed by atoms with Gasteiger partial charge in [0.25, 0.3) is 0 Å². The van der Waals surface area contributed by atoms with E-state index in [1.807, 2.05) is 30.3 Å². The van der Waals surface area contributed by atoms with Crippen LogP contribution in [0.15, 0.2) is 65.2 Å². The molecule has 35 heavy (non-hydrogen) atoms. The number of morpholine rings is 1. The number of carbonyl (C=O) groups is 1. The summed E-state index contributed by atoms with van der Waals surface area (Å²) in [5.41, 5.74) is 1.97. The summed E-state index contributed by atoms with van der Waals surface area (Å²) in [6, 6.07) is 16.2. The van der Waals surface area contributed by atoms with E-state index >= 15 is 0 Å². The van der Waals surface area contributed by atoms with Crippen molar-refractivity contribution >= 4 is 23.3 Å². The average molecular weight is 493 g/mol. The van der Waals surface area contributed by atoms with Crippen molar-refractivity contribution < 1.29 is 19.1 Å². The van der Waals surface area contributed by atoms with E-state index in [-0.39, 0.29) is 17.6 Å². The van der Waals surface area contributed by atoms with Crippen LogP contribution in [0.4, 0.5) is 0 Å². The van der Waals surface area contributed by atoms with E-state index in [4.69, 9.17) is 21.4 Å². The number of carboxylic acids is 1. The molecule has 0 amide bonds. The molecule has 5 rings (SSSR count). The molecule has 2 aliphatic heterocycles. The van der Waals surface area contributed by atoms with Gasteiger partial charge in [-0.25, -0.2) is 4.79 Å². The van der Waals surface area contributed by atoms with Crippen molar-refractivity contribution in [1.29, 1.82) is 0 Å². The van der Waals surface area contributed by atoms with Crippen LogP contribution in [0, 0.1) is 0 Å². The van der Waals surface area contributed by atoms with Crippen LogP contribution in [-0.4, -0.2) is 70.4 Å². The summed E-state index contributed by atoms with van der Waals surface area (Å²) in [5.74, 6) is 0.521. The molecule has 2 atom stereocenters. The predicted octanol–water partition coefficient (Wildman–Crippen LogP) is 3.73. The summed E-state index contributed by atoms with van der Waals surface area (Å²) >= 11 is 5.76. The fourth-order valence-corrected chi connectivity index (χ4v) is 5.02. The molecule has 2 aliphatic rings. The zero-order valence-electron chi connectivity index (χ0n) is 19.3. The number of hydrogen-bond acceptors (Lipinski definition) is 6. The first-order valence-electron chi connectivity index (χ1n) is 11.8. The lowest BCUT2D eigenvalue weighted by Crippen LogP contribution is -2.38. The van der Waals surface area contributed by atoms with E-state index in [1.54, 1.807) is 30.5 Å². The number of pyridine rings is 1. The van der Waals surface area contributed by atoms with Crippen molar-refractivity contribution in [2.75, 3.05) is 39.4 Å².